The number of benzene rings is 1. The molecule has 10 nitrogen and oxygen atoms in total. The molecule has 1 aromatic rings. The van der Waals surface area contributed by atoms with Gasteiger partial charge >= 0.3 is 5.97 Å². The van der Waals surface area contributed by atoms with Crippen molar-refractivity contribution < 1.29 is 24.3 Å². The molecule has 33 heavy (non-hydrogen) atoms. The van der Waals surface area contributed by atoms with Gasteiger partial charge in [-0.3, -0.25) is 19.8 Å². The highest BCUT2D eigenvalue weighted by Gasteiger charge is 2.64. The Labute approximate surface area is 196 Å². The second-order valence-corrected chi connectivity index (χ2v) is 10.3. The van der Waals surface area contributed by atoms with Crippen molar-refractivity contribution in [2.45, 2.75) is 61.9 Å². The van der Waals surface area contributed by atoms with Gasteiger partial charge in [0.2, 0.25) is 17.7 Å². The number of β-lactam (4-membered cyclic amide) rings is 1. The van der Waals surface area contributed by atoms with Crippen LogP contribution in [-0.4, -0.2) is 68.3 Å². The summed E-state index contributed by atoms with van der Waals surface area (Å²) in [5, 5.41) is 24.9. The molecule has 3 rings (SSSR count). The molecule has 1 aromatic carbocycles. The average molecular weight is 476 g/mol. The van der Waals surface area contributed by atoms with Crippen LogP contribution in [0.3, 0.4) is 0 Å². The molecule has 3 amide bonds. The largest absolute Gasteiger partial charge is 0.480 e. The normalized spacial score (nSPS) is 23.7. The van der Waals surface area contributed by atoms with Crippen LogP contribution in [0.25, 0.3) is 0 Å². The van der Waals surface area contributed by atoms with Gasteiger partial charge in [0.25, 0.3) is 0 Å². The third-order valence-electron chi connectivity index (χ3n) is 5.64. The Balaban J connectivity index is 1.70. The first-order valence-corrected chi connectivity index (χ1v) is 11.6. The molecule has 0 bridgehead atoms. The number of carbonyl (C=O) groups excluding carboxylic acids is 3. The van der Waals surface area contributed by atoms with Crippen LogP contribution in [0.1, 0.15) is 45.2 Å². The average Bonchev–Trinajstić information content (AvgIpc) is 3.03. The van der Waals surface area contributed by atoms with E-state index in [1.807, 2.05) is 6.92 Å². The Morgan fingerprint density at radius 2 is 1.91 bits per heavy atom. The number of aliphatic carboxylic acids is 1. The fraction of sp³-hybridized carbons (Fsp3) is 0.500. The first-order chi connectivity index (χ1) is 15.6. The van der Waals surface area contributed by atoms with E-state index in [1.165, 1.54) is 16.7 Å². The molecule has 5 N–H and O–H groups in total. The lowest BCUT2D eigenvalue weighted by atomic mass is 9.95. The predicted molar refractivity (Wildman–Crippen MR) is 124 cm³/mol. The Hall–Kier alpha value is -3.08. The van der Waals surface area contributed by atoms with E-state index < -0.39 is 51.9 Å². The third-order valence-corrected chi connectivity index (χ3v) is 7.21. The summed E-state index contributed by atoms with van der Waals surface area (Å²) in [4.78, 5) is 51.3. The number of fused-ring (bicyclic) bond motifs is 1. The molecular weight excluding hydrogens is 446 g/mol. The molecule has 0 spiro atoms. The van der Waals surface area contributed by atoms with Crippen molar-refractivity contribution in [1.29, 1.82) is 5.41 Å². The number of carboxylic acids is 1. The Bertz CT molecular complexity index is 954. The minimum Gasteiger partial charge on any atom is -0.480 e. The lowest BCUT2D eigenvalue weighted by molar-refractivity contribution is -0.161. The Kier molecular flexibility index (Phi) is 7.31. The number of carbonyl (C=O) groups is 4. The molecule has 2 aliphatic heterocycles. The van der Waals surface area contributed by atoms with E-state index in [0.717, 1.165) is 6.42 Å². The summed E-state index contributed by atoms with van der Waals surface area (Å²) in [7, 11) is 0. The van der Waals surface area contributed by atoms with E-state index >= 15 is 0 Å². The third kappa shape index (κ3) is 5.13. The van der Waals surface area contributed by atoms with Gasteiger partial charge in [0.15, 0.2) is 0 Å². The molecule has 178 valence electrons. The predicted octanol–water partition coefficient (Wildman–Crippen LogP) is 0.843. The standard InChI is InChI=1S/C22H29N5O5S/c1-4-8-13(23)24-11-14(28)25-15(12-9-6-5-7-10-12)18(29)26-16-19(30)27-17(21(31)32)22(2,3)33-20(16)27/h5-7,9-10,15-17,20H,4,8,11H2,1-3H3,(H2,23,24)(H,25,28)(H,26,29)(H,31,32)/t15?,16?,17-,20+/m0/s1. The SMILES string of the molecule is CCCC(=N)NCC(=O)NC(C(=O)NC1C(=O)N2[C@@H]1SC(C)(C)[C@@H]2C(=O)O)c1ccccc1. The fourth-order valence-corrected chi connectivity index (χ4v) is 5.69. The topological polar surface area (TPSA) is 152 Å². The smallest absolute Gasteiger partial charge is 0.327 e. The molecular formula is C22H29N5O5S. The van der Waals surface area contributed by atoms with E-state index in [-0.39, 0.29) is 12.4 Å². The minimum absolute atomic E-state index is 0.154. The number of hydrogen-bond acceptors (Lipinski definition) is 6. The summed E-state index contributed by atoms with van der Waals surface area (Å²) in [6.45, 7) is 5.30. The number of nitrogens with one attached hydrogen (secondary N) is 4. The monoisotopic (exact) mass is 475 g/mol. The number of thioether (sulfide) groups is 1. The van der Waals surface area contributed by atoms with E-state index in [9.17, 15) is 24.3 Å². The summed E-state index contributed by atoms with van der Waals surface area (Å²) >= 11 is 1.33. The van der Waals surface area contributed by atoms with Crippen molar-refractivity contribution >= 4 is 41.3 Å². The summed E-state index contributed by atoms with van der Waals surface area (Å²) < 4.78 is -0.701. The van der Waals surface area contributed by atoms with Crippen LogP contribution >= 0.6 is 11.8 Å². The minimum atomic E-state index is -1.08. The Morgan fingerprint density at radius 3 is 2.52 bits per heavy atom. The second kappa shape index (κ2) is 9.82. The van der Waals surface area contributed by atoms with Crippen molar-refractivity contribution in [3.63, 3.8) is 0 Å². The second-order valence-electron chi connectivity index (χ2n) is 8.58. The summed E-state index contributed by atoms with van der Waals surface area (Å²) in [5.41, 5.74) is 0.540. The van der Waals surface area contributed by atoms with Crippen LogP contribution in [0.2, 0.25) is 0 Å². The van der Waals surface area contributed by atoms with Gasteiger partial charge in [-0.25, -0.2) is 4.79 Å². The molecule has 4 atom stereocenters. The van der Waals surface area contributed by atoms with Gasteiger partial charge < -0.3 is 26.0 Å². The maximum Gasteiger partial charge on any atom is 0.327 e. The lowest BCUT2D eigenvalue weighted by Crippen LogP contribution is -2.71. The van der Waals surface area contributed by atoms with Crippen LogP contribution in [0.5, 0.6) is 0 Å². The highest BCUT2D eigenvalue weighted by Crippen LogP contribution is 2.50. The van der Waals surface area contributed by atoms with E-state index in [2.05, 4.69) is 16.0 Å². The highest BCUT2D eigenvalue weighted by molar-refractivity contribution is 8.01. The van der Waals surface area contributed by atoms with Crippen LogP contribution in [0.15, 0.2) is 30.3 Å². The van der Waals surface area contributed by atoms with Crippen molar-refractivity contribution in [3.8, 4) is 0 Å². The number of nitrogens with zero attached hydrogens (tertiary/aromatic N) is 1. The number of rotatable bonds is 9. The fourth-order valence-electron chi connectivity index (χ4n) is 4.07. The molecule has 0 aromatic heterocycles. The first kappa shape index (κ1) is 24.6. The number of carboxylic acid groups (broad SMARTS) is 1. The molecule has 2 unspecified atom stereocenters. The first-order valence-electron chi connectivity index (χ1n) is 10.8. The number of amides is 3. The molecule has 0 aliphatic carbocycles. The van der Waals surface area contributed by atoms with E-state index in [0.29, 0.717) is 12.0 Å². The molecule has 0 radical (unpaired) electrons. The number of hydrogen-bond donors (Lipinski definition) is 5. The Morgan fingerprint density at radius 1 is 1.24 bits per heavy atom. The van der Waals surface area contributed by atoms with Crippen LogP contribution < -0.4 is 16.0 Å². The van der Waals surface area contributed by atoms with Gasteiger partial charge in [0.05, 0.1) is 12.4 Å². The van der Waals surface area contributed by atoms with Gasteiger partial charge in [-0.2, -0.15) is 0 Å². The zero-order valence-electron chi connectivity index (χ0n) is 18.8. The van der Waals surface area contributed by atoms with Gasteiger partial charge in [-0.15, -0.1) is 11.8 Å². The van der Waals surface area contributed by atoms with Gasteiger partial charge in [-0.05, 0) is 25.8 Å². The van der Waals surface area contributed by atoms with Crippen molar-refractivity contribution in [2.75, 3.05) is 6.54 Å². The molecule has 0 saturated carbocycles. The molecule has 2 saturated heterocycles. The van der Waals surface area contributed by atoms with Gasteiger partial charge in [0.1, 0.15) is 23.5 Å². The zero-order chi connectivity index (χ0) is 24.3. The maximum absolute atomic E-state index is 13.1. The zero-order valence-corrected chi connectivity index (χ0v) is 19.6. The van der Waals surface area contributed by atoms with E-state index in [1.54, 1.807) is 44.2 Å². The van der Waals surface area contributed by atoms with Crippen molar-refractivity contribution in [2.24, 2.45) is 0 Å². The number of amidine groups is 1. The van der Waals surface area contributed by atoms with E-state index in [4.69, 9.17) is 5.41 Å². The quantitative estimate of drug-likeness (QED) is 0.202. The van der Waals surface area contributed by atoms with Crippen LogP contribution in [0.4, 0.5) is 0 Å². The molecule has 11 heteroatoms. The highest BCUT2D eigenvalue weighted by atomic mass is 32.2. The molecule has 2 heterocycles. The maximum atomic E-state index is 13.1. The summed E-state index contributed by atoms with van der Waals surface area (Å²) in [5.74, 6) is -2.32. The lowest BCUT2D eigenvalue weighted by Gasteiger charge is -2.44. The summed E-state index contributed by atoms with van der Waals surface area (Å²) in [6.07, 6.45) is 1.29. The molecule has 2 aliphatic rings. The van der Waals surface area contributed by atoms with Crippen molar-refractivity contribution in [1.82, 2.24) is 20.9 Å². The molecule has 2 fully saturated rings. The van der Waals surface area contributed by atoms with Crippen LogP contribution in [0, 0.1) is 5.41 Å². The van der Waals surface area contributed by atoms with Gasteiger partial charge in [-0.1, -0.05) is 37.3 Å². The van der Waals surface area contributed by atoms with Crippen LogP contribution in [-0.2, 0) is 19.2 Å². The van der Waals surface area contributed by atoms with Gasteiger partial charge in [0, 0.05) is 11.2 Å². The van der Waals surface area contributed by atoms with Crippen molar-refractivity contribution in [3.05, 3.63) is 35.9 Å². The summed E-state index contributed by atoms with van der Waals surface area (Å²) in [6, 6.07) is 5.76.